The van der Waals surface area contributed by atoms with E-state index in [4.69, 9.17) is 10.2 Å². The van der Waals surface area contributed by atoms with Gasteiger partial charge in [0.15, 0.2) is 22.4 Å². The van der Waals surface area contributed by atoms with Gasteiger partial charge >= 0.3 is 0 Å². The van der Waals surface area contributed by atoms with E-state index in [9.17, 15) is 14.4 Å². The van der Waals surface area contributed by atoms with Crippen molar-refractivity contribution in [3.63, 3.8) is 0 Å². The number of rotatable bonds is 7. The lowest BCUT2D eigenvalue weighted by atomic mass is 10.1. The summed E-state index contributed by atoms with van der Waals surface area (Å²) in [4.78, 5) is 42.7. The molecule has 0 fully saturated rings. The molecular weight excluding hydrogens is 394 g/mol. The molecule has 9 nitrogen and oxygen atoms in total. The molecule has 3 aromatic rings. The van der Waals surface area contributed by atoms with E-state index in [-0.39, 0.29) is 34.1 Å². The van der Waals surface area contributed by atoms with E-state index in [1.165, 1.54) is 12.3 Å². The molecule has 0 radical (unpaired) electrons. The van der Waals surface area contributed by atoms with Gasteiger partial charge in [-0.05, 0) is 24.6 Å². The summed E-state index contributed by atoms with van der Waals surface area (Å²) in [5.41, 5.74) is 7.11. The first-order valence-corrected chi connectivity index (χ1v) is 9.60. The van der Waals surface area contributed by atoms with Gasteiger partial charge in [0.05, 0.1) is 12.0 Å². The first-order chi connectivity index (χ1) is 13.9. The summed E-state index contributed by atoms with van der Waals surface area (Å²) in [6.45, 7) is 2.40. The Morgan fingerprint density at radius 3 is 2.66 bits per heavy atom. The summed E-state index contributed by atoms with van der Waals surface area (Å²) in [5.74, 6) is -0.910. The molecule has 2 heterocycles. The number of anilines is 2. The first-order valence-electron chi connectivity index (χ1n) is 8.62. The second-order valence-electron chi connectivity index (χ2n) is 6.11. The number of benzene rings is 1. The van der Waals surface area contributed by atoms with Crippen molar-refractivity contribution in [3.05, 3.63) is 69.9 Å². The summed E-state index contributed by atoms with van der Waals surface area (Å²) in [7, 11) is 0. The predicted molar refractivity (Wildman–Crippen MR) is 110 cm³/mol. The van der Waals surface area contributed by atoms with Crippen molar-refractivity contribution in [1.82, 2.24) is 15.3 Å². The third-order valence-corrected chi connectivity index (χ3v) is 4.73. The van der Waals surface area contributed by atoms with Gasteiger partial charge in [0.1, 0.15) is 0 Å². The third-order valence-electron chi connectivity index (χ3n) is 3.86. The van der Waals surface area contributed by atoms with E-state index in [2.05, 4.69) is 20.6 Å². The zero-order valence-electron chi connectivity index (χ0n) is 15.5. The van der Waals surface area contributed by atoms with E-state index in [0.717, 1.165) is 22.9 Å². The molecule has 3 rings (SSSR count). The Kier molecular flexibility index (Phi) is 6.35. The van der Waals surface area contributed by atoms with Crippen molar-refractivity contribution in [2.75, 3.05) is 16.8 Å². The van der Waals surface area contributed by atoms with Gasteiger partial charge in [0.25, 0.3) is 11.5 Å². The number of carbonyl (C=O) groups is 2. The number of aromatic amines is 1. The van der Waals surface area contributed by atoms with Gasteiger partial charge in [0, 0.05) is 6.54 Å². The van der Waals surface area contributed by atoms with Gasteiger partial charge in [-0.1, -0.05) is 41.6 Å². The van der Waals surface area contributed by atoms with Crippen molar-refractivity contribution >= 4 is 35.1 Å². The van der Waals surface area contributed by atoms with Crippen LogP contribution in [-0.4, -0.2) is 27.5 Å². The summed E-state index contributed by atoms with van der Waals surface area (Å²) < 4.78 is 4.96. The van der Waals surface area contributed by atoms with Crippen LogP contribution in [-0.2, 0) is 11.3 Å². The van der Waals surface area contributed by atoms with Crippen molar-refractivity contribution in [1.29, 1.82) is 0 Å². The van der Waals surface area contributed by atoms with Crippen LogP contribution in [0.1, 0.15) is 21.7 Å². The van der Waals surface area contributed by atoms with Crippen LogP contribution in [0.25, 0.3) is 0 Å². The normalized spacial score (nSPS) is 10.5. The minimum Gasteiger partial charge on any atom is -0.459 e. The summed E-state index contributed by atoms with van der Waals surface area (Å²) >= 11 is 1.03. The van der Waals surface area contributed by atoms with Gasteiger partial charge in [-0.15, -0.1) is 0 Å². The lowest BCUT2D eigenvalue weighted by molar-refractivity contribution is -0.118. The Labute approximate surface area is 170 Å². The van der Waals surface area contributed by atoms with Gasteiger partial charge in [-0.2, -0.15) is 0 Å². The molecule has 0 unspecified atom stereocenters. The highest BCUT2D eigenvalue weighted by Gasteiger charge is 2.16. The van der Waals surface area contributed by atoms with Gasteiger partial charge < -0.3 is 20.8 Å². The molecule has 10 heteroatoms. The number of amides is 2. The number of nitrogens with one attached hydrogen (secondary N) is 3. The number of thioether (sulfide) groups is 1. The van der Waals surface area contributed by atoms with Crippen LogP contribution >= 0.6 is 11.8 Å². The van der Waals surface area contributed by atoms with Crippen LogP contribution in [0, 0.1) is 6.92 Å². The number of hydrogen-bond donors (Lipinski definition) is 4. The molecule has 0 saturated heterocycles. The van der Waals surface area contributed by atoms with Crippen LogP contribution in [0.5, 0.6) is 0 Å². The SMILES string of the molecule is Cc1ccc(CNC(=O)CSc2nc(N)c(NC(=O)c3ccco3)c(=O)[nH]2)cc1. The number of nitrogens with zero attached hydrogens (tertiary/aromatic N) is 1. The highest BCUT2D eigenvalue weighted by molar-refractivity contribution is 7.99. The number of furan rings is 1. The second-order valence-corrected chi connectivity index (χ2v) is 7.08. The van der Waals surface area contributed by atoms with E-state index >= 15 is 0 Å². The van der Waals surface area contributed by atoms with Crippen molar-refractivity contribution < 1.29 is 14.0 Å². The van der Waals surface area contributed by atoms with E-state index in [0.29, 0.717) is 6.54 Å². The summed E-state index contributed by atoms with van der Waals surface area (Å²) in [6.07, 6.45) is 1.34. The summed E-state index contributed by atoms with van der Waals surface area (Å²) in [5, 5.41) is 5.33. The monoisotopic (exact) mass is 413 g/mol. The Balaban J connectivity index is 1.56. The van der Waals surface area contributed by atoms with Gasteiger partial charge in [-0.25, -0.2) is 4.98 Å². The molecule has 0 saturated carbocycles. The van der Waals surface area contributed by atoms with Crippen LogP contribution in [0.2, 0.25) is 0 Å². The molecule has 0 aliphatic carbocycles. The summed E-state index contributed by atoms with van der Waals surface area (Å²) in [6, 6.07) is 10.8. The smallest absolute Gasteiger partial charge is 0.291 e. The molecule has 2 aromatic heterocycles. The maximum atomic E-state index is 12.2. The number of nitrogen functional groups attached to an aromatic ring is 1. The van der Waals surface area contributed by atoms with Gasteiger partial charge in [-0.3, -0.25) is 19.4 Å². The Morgan fingerprint density at radius 2 is 2.00 bits per heavy atom. The molecule has 2 amide bonds. The average molecular weight is 413 g/mol. The third kappa shape index (κ3) is 5.48. The standard InChI is InChI=1S/C19H19N5O4S/c1-11-4-6-12(7-5-11)9-21-14(25)10-29-19-23-16(20)15(18(27)24-19)22-17(26)13-3-2-8-28-13/h2-8H,9-10H2,1H3,(H,21,25)(H,22,26)(H3,20,23,24,27). The molecule has 29 heavy (non-hydrogen) atoms. The number of aryl methyl sites for hydroxylation is 1. The first kappa shape index (κ1) is 20.2. The van der Waals surface area contributed by atoms with Crippen molar-refractivity contribution in [2.45, 2.75) is 18.6 Å². The number of carbonyl (C=O) groups excluding carboxylic acids is 2. The quantitative estimate of drug-likeness (QED) is 0.342. The lowest BCUT2D eigenvalue weighted by Crippen LogP contribution is -2.25. The number of nitrogens with two attached hydrogens (primary N) is 1. The molecule has 0 atom stereocenters. The maximum absolute atomic E-state index is 12.2. The molecular formula is C19H19N5O4S. The molecule has 0 aliphatic heterocycles. The Bertz CT molecular complexity index is 1060. The zero-order valence-corrected chi connectivity index (χ0v) is 16.3. The number of H-pyrrole nitrogens is 1. The number of aromatic nitrogens is 2. The highest BCUT2D eigenvalue weighted by atomic mass is 32.2. The molecule has 150 valence electrons. The molecule has 0 spiro atoms. The van der Waals surface area contributed by atoms with Gasteiger partial charge in [0.2, 0.25) is 5.91 Å². The topological polar surface area (TPSA) is 143 Å². The van der Waals surface area contributed by atoms with Crippen LogP contribution in [0.3, 0.4) is 0 Å². The Morgan fingerprint density at radius 1 is 1.24 bits per heavy atom. The second kappa shape index (κ2) is 9.11. The minimum absolute atomic E-state index is 0.0347. The fraction of sp³-hybridized carbons (Fsp3) is 0.158. The fourth-order valence-corrected chi connectivity index (χ4v) is 3.03. The van der Waals surface area contributed by atoms with Crippen molar-refractivity contribution in [2.24, 2.45) is 0 Å². The Hall–Kier alpha value is -3.53. The van der Waals surface area contributed by atoms with E-state index in [1.807, 2.05) is 31.2 Å². The zero-order chi connectivity index (χ0) is 20.8. The van der Waals surface area contributed by atoms with E-state index < -0.39 is 11.5 Å². The van der Waals surface area contributed by atoms with Crippen LogP contribution < -0.4 is 21.9 Å². The molecule has 1 aromatic carbocycles. The average Bonchev–Trinajstić information content (AvgIpc) is 3.23. The maximum Gasteiger partial charge on any atom is 0.291 e. The largest absolute Gasteiger partial charge is 0.459 e. The molecule has 0 bridgehead atoms. The van der Waals surface area contributed by atoms with E-state index in [1.54, 1.807) is 6.07 Å². The van der Waals surface area contributed by atoms with Crippen LogP contribution in [0.15, 0.2) is 57.0 Å². The minimum atomic E-state index is -0.625. The molecule has 5 N–H and O–H groups in total. The predicted octanol–water partition coefficient (Wildman–Crippen LogP) is 1.91. The molecule has 0 aliphatic rings. The number of hydrogen-bond acceptors (Lipinski definition) is 7. The van der Waals surface area contributed by atoms with Crippen molar-refractivity contribution in [3.8, 4) is 0 Å². The lowest BCUT2D eigenvalue weighted by Gasteiger charge is -2.08. The highest BCUT2D eigenvalue weighted by Crippen LogP contribution is 2.17. The van der Waals surface area contributed by atoms with Crippen LogP contribution in [0.4, 0.5) is 11.5 Å². The fourth-order valence-electron chi connectivity index (χ4n) is 2.33.